The number of nitrogens with one attached hydrogen (secondary N) is 1. The van der Waals surface area contributed by atoms with Crippen LogP contribution in [0.3, 0.4) is 0 Å². The van der Waals surface area contributed by atoms with Gasteiger partial charge >= 0.3 is 0 Å². The van der Waals surface area contributed by atoms with E-state index in [2.05, 4.69) is 15.0 Å². The number of nitrogens with zero attached hydrogens (tertiary/aromatic N) is 4. The molecule has 0 amide bonds. The van der Waals surface area contributed by atoms with Gasteiger partial charge in [0.05, 0.1) is 31.1 Å². The Labute approximate surface area is 159 Å². The van der Waals surface area contributed by atoms with Gasteiger partial charge in [-0.25, -0.2) is 9.97 Å². The van der Waals surface area contributed by atoms with Gasteiger partial charge in [0.25, 0.3) is 0 Å². The van der Waals surface area contributed by atoms with Crippen LogP contribution in [0.4, 0.5) is 5.95 Å². The third-order valence-electron chi connectivity index (χ3n) is 6.08. The molecule has 144 valence electrons. The van der Waals surface area contributed by atoms with Crippen molar-refractivity contribution in [2.45, 2.75) is 63.1 Å². The molecule has 1 saturated heterocycles. The Morgan fingerprint density at radius 1 is 1.15 bits per heavy atom. The van der Waals surface area contributed by atoms with Gasteiger partial charge in [0.15, 0.2) is 0 Å². The first-order chi connectivity index (χ1) is 13.3. The first-order valence-corrected chi connectivity index (χ1v) is 10.3. The van der Waals surface area contributed by atoms with Crippen LogP contribution in [0, 0.1) is 5.92 Å². The van der Waals surface area contributed by atoms with Gasteiger partial charge in [0, 0.05) is 29.5 Å². The minimum Gasteiger partial charge on any atom is -0.377 e. The summed E-state index contributed by atoms with van der Waals surface area (Å²) in [6, 6.07) is 3.14. The predicted molar refractivity (Wildman–Crippen MR) is 103 cm³/mol. The Morgan fingerprint density at radius 3 is 2.67 bits per heavy atom. The van der Waals surface area contributed by atoms with Crippen molar-refractivity contribution in [3.63, 3.8) is 0 Å². The van der Waals surface area contributed by atoms with Gasteiger partial charge in [-0.2, -0.15) is 5.10 Å². The first-order valence-electron chi connectivity index (χ1n) is 10.3. The normalized spacial score (nSPS) is 26.0. The quantitative estimate of drug-likeness (QED) is 0.814. The standard InChI is InChI=1S/C20H28N6O/c21-14-3-5-15(6-4-14)24-20-22-8-7-18(25-20)17-10-23-26(16-11-27-12-16)19(17)9-13-1-2-13/h7-8,10,13-16H,1-6,9,11-12,21H2,(H,22,24,25)/t14-,15-. The molecule has 27 heavy (non-hydrogen) atoms. The average molecular weight is 368 g/mol. The maximum atomic E-state index is 6.02. The minimum atomic E-state index is 0.349. The molecule has 5 rings (SSSR count). The van der Waals surface area contributed by atoms with Crippen LogP contribution in [-0.2, 0) is 11.2 Å². The highest BCUT2D eigenvalue weighted by molar-refractivity contribution is 5.62. The van der Waals surface area contributed by atoms with Crippen molar-refractivity contribution in [3.05, 3.63) is 24.2 Å². The molecule has 2 aromatic heterocycles. The van der Waals surface area contributed by atoms with Gasteiger partial charge in [0.2, 0.25) is 5.95 Å². The van der Waals surface area contributed by atoms with Crippen molar-refractivity contribution < 1.29 is 4.74 Å². The summed E-state index contributed by atoms with van der Waals surface area (Å²) < 4.78 is 7.56. The summed E-state index contributed by atoms with van der Waals surface area (Å²) in [4.78, 5) is 9.27. The van der Waals surface area contributed by atoms with Gasteiger partial charge in [0.1, 0.15) is 0 Å². The second-order valence-corrected chi connectivity index (χ2v) is 8.31. The number of ether oxygens (including phenoxy) is 1. The summed E-state index contributed by atoms with van der Waals surface area (Å²) in [5, 5.41) is 8.20. The molecular formula is C20H28N6O. The average Bonchev–Trinajstić information content (AvgIpc) is 3.36. The Kier molecular flexibility index (Phi) is 4.57. The smallest absolute Gasteiger partial charge is 0.223 e. The van der Waals surface area contributed by atoms with Crippen molar-refractivity contribution in [3.8, 4) is 11.3 Å². The van der Waals surface area contributed by atoms with E-state index >= 15 is 0 Å². The molecule has 2 saturated carbocycles. The first kappa shape index (κ1) is 17.1. The lowest BCUT2D eigenvalue weighted by Gasteiger charge is -2.28. The van der Waals surface area contributed by atoms with E-state index in [1.165, 1.54) is 18.5 Å². The van der Waals surface area contributed by atoms with Crippen LogP contribution in [0.25, 0.3) is 11.3 Å². The molecule has 3 heterocycles. The van der Waals surface area contributed by atoms with Crippen LogP contribution < -0.4 is 11.1 Å². The highest BCUT2D eigenvalue weighted by Crippen LogP contribution is 2.37. The fraction of sp³-hybridized carbons (Fsp3) is 0.650. The number of rotatable bonds is 6. The number of hydrogen-bond donors (Lipinski definition) is 2. The van der Waals surface area contributed by atoms with E-state index in [1.54, 1.807) is 0 Å². The van der Waals surface area contributed by atoms with E-state index in [4.69, 9.17) is 20.6 Å². The molecular weight excluding hydrogens is 340 g/mol. The lowest BCUT2D eigenvalue weighted by Crippen LogP contribution is -2.33. The summed E-state index contributed by atoms with van der Waals surface area (Å²) in [6.45, 7) is 1.53. The molecule has 0 bridgehead atoms. The molecule has 0 aromatic carbocycles. The molecule has 1 aliphatic heterocycles. The summed E-state index contributed by atoms with van der Waals surface area (Å²) in [7, 11) is 0. The molecule has 3 fully saturated rings. The Balaban J connectivity index is 1.38. The van der Waals surface area contributed by atoms with Crippen molar-refractivity contribution >= 4 is 5.95 Å². The molecule has 3 aliphatic rings. The SMILES string of the molecule is N[C@H]1CC[C@H](Nc2nccc(-c3cnn(C4COC4)c3CC3CC3)n2)CC1. The van der Waals surface area contributed by atoms with Crippen LogP contribution in [0.5, 0.6) is 0 Å². The molecule has 2 aliphatic carbocycles. The van der Waals surface area contributed by atoms with E-state index < -0.39 is 0 Å². The molecule has 0 radical (unpaired) electrons. The van der Waals surface area contributed by atoms with Crippen LogP contribution in [-0.4, -0.2) is 45.0 Å². The Bertz CT molecular complexity index is 790. The number of aromatic nitrogens is 4. The molecule has 2 aromatic rings. The highest BCUT2D eigenvalue weighted by Gasteiger charge is 2.30. The van der Waals surface area contributed by atoms with Crippen LogP contribution >= 0.6 is 0 Å². The zero-order chi connectivity index (χ0) is 18.2. The van der Waals surface area contributed by atoms with Crippen molar-refractivity contribution in [2.24, 2.45) is 11.7 Å². The molecule has 7 nitrogen and oxygen atoms in total. The zero-order valence-electron chi connectivity index (χ0n) is 15.7. The Hall–Kier alpha value is -1.99. The van der Waals surface area contributed by atoms with Crippen LogP contribution in [0.1, 0.15) is 50.3 Å². The molecule has 0 unspecified atom stereocenters. The summed E-state index contributed by atoms with van der Waals surface area (Å²) in [6.07, 6.45) is 11.9. The van der Waals surface area contributed by atoms with E-state index in [1.807, 2.05) is 18.5 Å². The van der Waals surface area contributed by atoms with Gasteiger partial charge < -0.3 is 15.8 Å². The van der Waals surface area contributed by atoms with Crippen LogP contribution in [0.2, 0.25) is 0 Å². The number of nitrogens with two attached hydrogens (primary N) is 1. The van der Waals surface area contributed by atoms with E-state index in [-0.39, 0.29) is 0 Å². The lowest BCUT2D eigenvalue weighted by molar-refractivity contribution is -0.0298. The van der Waals surface area contributed by atoms with Crippen LogP contribution in [0.15, 0.2) is 18.5 Å². The Morgan fingerprint density at radius 2 is 1.96 bits per heavy atom. The van der Waals surface area contributed by atoms with Crippen molar-refractivity contribution in [1.82, 2.24) is 19.7 Å². The number of anilines is 1. The summed E-state index contributed by atoms with van der Waals surface area (Å²) >= 11 is 0. The molecule has 0 spiro atoms. The third-order valence-corrected chi connectivity index (χ3v) is 6.08. The fourth-order valence-electron chi connectivity index (χ4n) is 4.10. The topological polar surface area (TPSA) is 90.9 Å². The zero-order valence-corrected chi connectivity index (χ0v) is 15.7. The maximum absolute atomic E-state index is 6.02. The molecule has 3 N–H and O–H groups in total. The van der Waals surface area contributed by atoms with Gasteiger partial charge in [-0.1, -0.05) is 0 Å². The monoisotopic (exact) mass is 368 g/mol. The summed E-state index contributed by atoms with van der Waals surface area (Å²) in [5.74, 6) is 1.51. The lowest BCUT2D eigenvalue weighted by atomic mass is 9.92. The maximum Gasteiger partial charge on any atom is 0.223 e. The fourth-order valence-corrected chi connectivity index (χ4v) is 4.10. The minimum absolute atomic E-state index is 0.349. The largest absolute Gasteiger partial charge is 0.377 e. The van der Waals surface area contributed by atoms with Crippen molar-refractivity contribution in [1.29, 1.82) is 0 Å². The van der Waals surface area contributed by atoms with E-state index in [9.17, 15) is 0 Å². The third kappa shape index (κ3) is 3.71. The van der Waals surface area contributed by atoms with Crippen molar-refractivity contribution in [2.75, 3.05) is 18.5 Å². The second kappa shape index (κ2) is 7.20. The predicted octanol–water partition coefficient (Wildman–Crippen LogP) is 2.55. The van der Waals surface area contributed by atoms with Gasteiger partial charge in [-0.05, 0) is 56.9 Å². The molecule has 7 heteroatoms. The van der Waals surface area contributed by atoms with Gasteiger partial charge in [-0.3, -0.25) is 4.68 Å². The van der Waals surface area contributed by atoms with E-state index in [0.29, 0.717) is 24.1 Å². The van der Waals surface area contributed by atoms with Gasteiger partial charge in [-0.15, -0.1) is 0 Å². The summed E-state index contributed by atoms with van der Waals surface area (Å²) in [5.41, 5.74) is 9.43. The molecule has 0 atom stereocenters. The second-order valence-electron chi connectivity index (χ2n) is 8.31. The van der Waals surface area contributed by atoms with E-state index in [0.717, 1.165) is 62.5 Å². The number of hydrogen-bond acceptors (Lipinski definition) is 6. The highest BCUT2D eigenvalue weighted by atomic mass is 16.5.